The highest BCUT2D eigenvalue weighted by Crippen LogP contribution is 2.47. The van der Waals surface area contributed by atoms with Crippen molar-refractivity contribution in [3.05, 3.63) is 33.8 Å². The van der Waals surface area contributed by atoms with Gasteiger partial charge in [-0.15, -0.1) is 0 Å². The Morgan fingerprint density at radius 3 is 2.17 bits per heavy atom. The van der Waals surface area contributed by atoms with Crippen molar-refractivity contribution in [3.63, 3.8) is 0 Å². The third-order valence-electron chi connectivity index (χ3n) is 6.00. The zero-order chi connectivity index (χ0) is 17.1. The van der Waals surface area contributed by atoms with Crippen LogP contribution in [0.3, 0.4) is 0 Å². The normalized spacial score (nSPS) is 28.3. The largest absolute Gasteiger partial charge is 0.390 e. The number of hydrogen-bond donors (Lipinski definition) is 1. The van der Waals surface area contributed by atoms with Gasteiger partial charge in [-0.05, 0) is 74.5 Å². The minimum atomic E-state index is -0.519. The molecule has 0 heterocycles. The number of rotatable bonds is 6. The molecule has 1 aromatic rings. The molecule has 0 saturated heterocycles. The Balaban J connectivity index is 2.26. The Bertz CT molecular complexity index is 510. The fourth-order valence-electron chi connectivity index (χ4n) is 3.95. The van der Waals surface area contributed by atoms with E-state index in [1.165, 1.54) is 31.2 Å². The summed E-state index contributed by atoms with van der Waals surface area (Å²) in [7, 11) is 0. The van der Waals surface area contributed by atoms with Crippen LogP contribution >= 0.6 is 23.2 Å². The molecule has 1 saturated carbocycles. The highest BCUT2D eigenvalue weighted by atomic mass is 35.5. The maximum absolute atomic E-state index is 10.4. The van der Waals surface area contributed by atoms with Gasteiger partial charge in [-0.3, -0.25) is 0 Å². The van der Waals surface area contributed by atoms with Gasteiger partial charge in [-0.2, -0.15) is 0 Å². The summed E-state index contributed by atoms with van der Waals surface area (Å²) in [4.78, 5) is 0. The van der Waals surface area contributed by atoms with Crippen LogP contribution in [0.25, 0.3) is 0 Å². The van der Waals surface area contributed by atoms with E-state index in [1.54, 1.807) is 0 Å². The monoisotopic (exact) mass is 356 g/mol. The minimum absolute atomic E-state index is 0.138. The summed E-state index contributed by atoms with van der Waals surface area (Å²) in [6.45, 7) is 6.53. The lowest BCUT2D eigenvalue weighted by molar-refractivity contribution is -0.00275. The third kappa shape index (κ3) is 4.65. The van der Waals surface area contributed by atoms with Crippen molar-refractivity contribution < 1.29 is 5.11 Å². The summed E-state index contributed by atoms with van der Waals surface area (Å²) in [5.74, 6) is 0.789. The van der Waals surface area contributed by atoms with Gasteiger partial charge in [0.25, 0.3) is 0 Å². The van der Waals surface area contributed by atoms with Gasteiger partial charge in [0.2, 0.25) is 0 Å². The lowest BCUT2D eigenvalue weighted by Crippen LogP contribution is -2.39. The lowest BCUT2D eigenvalue weighted by Gasteiger charge is -2.44. The fraction of sp³-hybridized carbons (Fsp3) is 0.700. The van der Waals surface area contributed by atoms with E-state index in [2.05, 4.69) is 26.0 Å². The molecule has 0 aromatic heterocycles. The van der Waals surface area contributed by atoms with Crippen LogP contribution in [0, 0.1) is 5.92 Å². The number of halogens is 2. The van der Waals surface area contributed by atoms with Crippen LogP contribution in [-0.2, 0) is 5.41 Å². The Hall–Kier alpha value is -0.240. The number of aliphatic hydroxyl groups is 1. The van der Waals surface area contributed by atoms with Crippen LogP contribution in [0.5, 0.6) is 0 Å². The first-order chi connectivity index (χ1) is 10.8. The van der Waals surface area contributed by atoms with Crippen LogP contribution in [0.4, 0.5) is 0 Å². The van der Waals surface area contributed by atoms with E-state index >= 15 is 0 Å². The Kier molecular flexibility index (Phi) is 6.44. The highest BCUT2D eigenvalue weighted by Gasteiger charge is 2.40. The first kappa shape index (κ1) is 19.1. The molecular formula is C20H30Cl2O. The number of hydrogen-bond acceptors (Lipinski definition) is 1. The predicted molar refractivity (Wildman–Crippen MR) is 101 cm³/mol. The van der Waals surface area contributed by atoms with Gasteiger partial charge < -0.3 is 5.11 Å². The van der Waals surface area contributed by atoms with Gasteiger partial charge in [-0.25, -0.2) is 0 Å². The second-order valence-corrected chi connectivity index (χ2v) is 8.44. The Morgan fingerprint density at radius 2 is 1.65 bits per heavy atom. The zero-order valence-corrected chi connectivity index (χ0v) is 16.2. The van der Waals surface area contributed by atoms with E-state index in [-0.39, 0.29) is 5.41 Å². The van der Waals surface area contributed by atoms with E-state index in [9.17, 15) is 5.11 Å². The molecule has 1 fully saturated rings. The summed E-state index contributed by atoms with van der Waals surface area (Å²) in [6, 6.07) is 6.11. The van der Waals surface area contributed by atoms with Crippen LogP contribution in [0.2, 0.25) is 10.0 Å². The van der Waals surface area contributed by atoms with Crippen LogP contribution in [0.1, 0.15) is 77.7 Å². The molecule has 0 unspecified atom stereocenters. The molecule has 2 rings (SSSR count). The van der Waals surface area contributed by atoms with Gasteiger partial charge in [0.15, 0.2) is 0 Å². The Labute approximate surface area is 151 Å². The summed E-state index contributed by atoms with van der Waals surface area (Å²) in [5.41, 5.74) is 0.918. The molecule has 3 heteroatoms. The average Bonchev–Trinajstić information content (AvgIpc) is 2.53. The fourth-order valence-corrected chi connectivity index (χ4v) is 4.25. The summed E-state index contributed by atoms with van der Waals surface area (Å²) < 4.78 is 0. The van der Waals surface area contributed by atoms with Gasteiger partial charge >= 0.3 is 0 Å². The average molecular weight is 357 g/mol. The number of benzene rings is 1. The quantitative estimate of drug-likeness (QED) is 0.595. The molecule has 0 radical (unpaired) electrons. The molecule has 0 bridgehead atoms. The SMILES string of the molecule is CCC(CC)CCC1(c2ccc(Cl)c(Cl)c2)CCC(C)(O)CC1. The van der Waals surface area contributed by atoms with Crippen molar-refractivity contribution in [1.29, 1.82) is 0 Å². The molecule has 1 N–H and O–H groups in total. The Morgan fingerprint density at radius 1 is 1.04 bits per heavy atom. The van der Waals surface area contributed by atoms with Gasteiger partial charge in [0.05, 0.1) is 15.6 Å². The van der Waals surface area contributed by atoms with Crippen molar-refractivity contribution >= 4 is 23.2 Å². The van der Waals surface area contributed by atoms with Crippen molar-refractivity contribution in [2.75, 3.05) is 0 Å². The van der Waals surface area contributed by atoms with E-state index in [4.69, 9.17) is 23.2 Å². The van der Waals surface area contributed by atoms with E-state index in [1.807, 2.05) is 13.0 Å². The molecule has 23 heavy (non-hydrogen) atoms. The van der Waals surface area contributed by atoms with E-state index < -0.39 is 5.60 Å². The van der Waals surface area contributed by atoms with Gasteiger partial charge in [-0.1, -0.05) is 56.0 Å². The molecule has 0 atom stereocenters. The molecule has 0 aliphatic heterocycles. The summed E-state index contributed by atoms with van der Waals surface area (Å²) in [5, 5.41) is 11.6. The molecular weight excluding hydrogens is 327 g/mol. The summed E-state index contributed by atoms with van der Waals surface area (Å²) in [6.07, 6.45) is 8.67. The van der Waals surface area contributed by atoms with Crippen LogP contribution in [0.15, 0.2) is 18.2 Å². The second kappa shape index (κ2) is 7.76. The van der Waals surface area contributed by atoms with Crippen molar-refractivity contribution in [2.24, 2.45) is 5.92 Å². The van der Waals surface area contributed by atoms with Gasteiger partial charge in [0, 0.05) is 0 Å². The summed E-state index contributed by atoms with van der Waals surface area (Å²) >= 11 is 12.4. The highest BCUT2D eigenvalue weighted by molar-refractivity contribution is 6.42. The van der Waals surface area contributed by atoms with Crippen molar-refractivity contribution in [2.45, 2.75) is 83.2 Å². The second-order valence-electron chi connectivity index (χ2n) is 7.63. The lowest BCUT2D eigenvalue weighted by atomic mass is 9.63. The van der Waals surface area contributed by atoms with Crippen LogP contribution in [-0.4, -0.2) is 10.7 Å². The predicted octanol–water partition coefficient (Wildman–Crippen LogP) is 6.77. The molecule has 130 valence electrons. The first-order valence-corrected chi connectivity index (χ1v) is 9.75. The topological polar surface area (TPSA) is 20.2 Å². The molecule has 1 aliphatic rings. The van der Waals surface area contributed by atoms with Crippen LogP contribution < -0.4 is 0 Å². The zero-order valence-electron chi connectivity index (χ0n) is 14.7. The molecule has 1 aliphatic carbocycles. The maximum Gasteiger partial charge on any atom is 0.0620 e. The third-order valence-corrected chi connectivity index (χ3v) is 6.74. The molecule has 0 amide bonds. The molecule has 1 aromatic carbocycles. The first-order valence-electron chi connectivity index (χ1n) is 9.00. The van der Waals surface area contributed by atoms with E-state index in [0.29, 0.717) is 10.0 Å². The minimum Gasteiger partial charge on any atom is -0.390 e. The smallest absolute Gasteiger partial charge is 0.0620 e. The standard InChI is InChI=1S/C20H30Cl2O/c1-4-15(5-2)8-9-20(12-10-19(3,23)11-13-20)16-6-7-17(21)18(22)14-16/h6-7,14-15,23H,4-5,8-13H2,1-3H3. The van der Waals surface area contributed by atoms with E-state index in [0.717, 1.165) is 31.6 Å². The maximum atomic E-state index is 10.4. The molecule has 0 spiro atoms. The molecule has 1 nitrogen and oxygen atoms in total. The van der Waals surface area contributed by atoms with Crippen molar-refractivity contribution in [1.82, 2.24) is 0 Å². The van der Waals surface area contributed by atoms with Gasteiger partial charge in [0.1, 0.15) is 0 Å². The van der Waals surface area contributed by atoms with Crippen molar-refractivity contribution in [3.8, 4) is 0 Å².